The maximum atomic E-state index is 13.6. The number of carboxylic acid groups (broad SMARTS) is 2. The van der Waals surface area contributed by atoms with E-state index in [2.05, 4.69) is 5.32 Å². The number of hydrogen-bond donors (Lipinski definition) is 3. The van der Waals surface area contributed by atoms with E-state index >= 15 is 0 Å². The van der Waals surface area contributed by atoms with Crippen molar-refractivity contribution in [3.8, 4) is 17.2 Å². The molecule has 262 valence electrons. The Morgan fingerprint density at radius 2 is 1.48 bits per heavy atom. The molecule has 0 aliphatic carbocycles. The number of methoxy groups -OCH3 is 2. The molecule has 3 rings (SSSR count). The highest BCUT2D eigenvalue weighted by atomic mass is 19.4. The lowest BCUT2D eigenvalue weighted by Gasteiger charge is -2.26. The summed E-state index contributed by atoms with van der Waals surface area (Å²) in [7, 11) is 3.23. The zero-order chi connectivity index (χ0) is 35.7. The quantitative estimate of drug-likeness (QED) is 0.114. The molecule has 0 unspecified atom stereocenters. The van der Waals surface area contributed by atoms with Crippen molar-refractivity contribution in [3.05, 3.63) is 83.4 Å². The minimum absolute atomic E-state index is 0.0169. The minimum Gasteiger partial charge on any atom is -0.493 e. The van der Waals surface area contributed by atoms with Crippen molar-refractivity contribution in [2.45, 2.75) is 45.7 Å². The summed E-state index contributed by atoms with van der Waals surface area (Å²) in [5, 5.41) is 18.2. The number of carbonyl (C=O) groups excluding carboxylic acids is 1. The SMILES string of the molecule is COc1ccc(CCCNCCCCN(C(=O)c2cccc(C(F)(F)F)c2)c2ccccc2OCC(C)C)cc1OC.O=C(O)C(=O)O. The van der Waals surface area contributed by atoms with Crippen LogP contribution in [0.15, 0.2) is 66.7 Å². The number of benzene rings is 3. The molecule has 0 atom stereocenters. The van der Waals surface area contributed by atoms with E-state index in [1.54, 1.807) is 32.4 Å². The van der Waals surface area contributed by atoms with Crippen molar-refractivity contribution in [1.29, 1.82) is 0 Å². The van der Waals surface area contributed by atoms with Gasteiger partial charge in [0.2, 0.25) is 0 Å². The Balaban J connectivity index is 0.00000122. The van der Waals surface area contributed by atoms with Crippen molar-refractivity contribution < 1.29 is 52.0 Å². The first-order chi connectivity index (χ1) is 22.8. The third kappa shape index (κ3) is 13.1. The first-order valence-corrected chi connectivity index (χ1v) is 15.4. The molecule has 0 saturated heterocycles. The normalized spacial score (nSPS) is 10.9. The smallest absolute Gasteiger partial charge is 0.416 e. The van der Waals surface area contributed by atoms with E-state index in [0.29, 0.717) is 42.5 Å². The second-order valence-electron chi connectivity index (χ2n) is 11.1. The molecule has 48 heavy (non-hydrogen) atoms. The number of rotatable bonds is 16. The lowest BCUT2D eigenvalue weighted by atomic mass is 10.1. The molecule has 3 aromatic carbocycles. The van der Waals surface area contributed by atoms with Gasteiger partial charge in [-0.15, -0.1) is 0 Å². The lowest BCUT2D eigenvalue weighted by molar-refractivity contribution is -0.159. The number of nitrogens with zero attached hydrogens (tertiary/aromatic N) is 1. The molecule has 3 aromatic rings. The van der Waals surface area contributed by atoms with E-state index in [-0.39, 0.29) is 11.5 Å². The van der Waals surface area contributed by atoms with Gasteiger partial charge in [-0.3, -0.25) is 4.79 Å². The van der Waals surface area contributed by atoms with Crippen LogP contribution in [0.3, 0.4) is 0 Å². The van der Waals surface area contributed by atoms with Crippen LogP contribution in [0, 0.1) is 5.92 Å². The molecule has 0 heterocycles. The summed E-state index contributed by atoms with van der Waals surface area (Å²) in [6.07, 6.45) is -1.26. The van der Waals surface area contributed by atoms with E-state index in [0.717, 1.165) is 50.0 Å². The molecule has 0 aliphatic heterocycles. The fraction of sp³-hybridized carbons (Fsp3) is 0.400. The third-order valence-electron chi connectivity index (χ3n) is 6.85. The number of halogens is 3. The van der Waals surface area contributed by atoms with Crippen LogP contribution in [-0.4, -0.2) is 68.5 Å². The number of ether oxygens (including phenoxy) is 3. The van der Waals surface area contributed by atoms with E-state index in [1.807, 2.05) is 38.1 Å². The van der Waals surface area contributed by atoms with Crippen LogP contribution in [-0.2, 0) is 22.2 Å². The zero-order valence-corrected chi connectivity index (χ0v) is 27.5. The molecular formula is C35H43F3N2O8. The average Bonchev–Trinajstić information content (AvgIpc) is 3.06. The van der Waals surface area contributed by atoms with Crippen LogP contribution >= 0.6 is 0 Å². The third-order valence-corrected chi connectivity index (χ3v) is 6.85. The number of carboxylic acids is 2. The van der Waals surface area contributed by atoms with E-state index in [4.69, 9.17) is 34.0 Å². The monoisotopic (exact) mass is 676 g/mol. The van der Waals surface area contributed by atoms with Crippen LogP contribution in [0.25, 0.3) is 0 Å². The molecule has 0 spiro atoms. The number of aliphatic carboxylic acids is 2. The average molecular weight is 677 g/mol. The van der Waals surface area contributed by atoms with Gasteiger partial charge in [-0.05, 0) is 92.7 Å². The summed E-state index contributed by atoms with van der Waals surface area (Å²) < 4.78 is 56.7. The van der Waals surface area contributed by atoms with Gasteiger partial charge in [-0.2, -0.15) is 13.2 Å². The number of hydrogen-bond acceptors (Lipinski definition) is 7. The fourth-order valence-corrected chi connectivity index (χ4v) is 4.47. The second kappa shape index (κ2) is 19.8. The Hall–Kier alpha value is -4.78. The maximum absolute atomic E-state index is 13.6. The molecule has 0 fully saturated rings. The van der Waals surface area contributed by atoms with Crippen molar-refractivity contribution in [1.82, 2.24) is 5.32 Å². The van der Waals surface area contributed by atoms with Gasteiger partial charge in [0, 0.05) is 12.1 Å². The summed E-state index contributed by atoms with van der Waals surface area (Å²) >= 11 is 0. The van der Waals surface area contributed by atoms with E-state index in [1.165, 1.54) is 17.0 Å². The van der Waals surface area contributed by atoms with Crippen LogP contribution in [0.1, 0.15) is 54.6 Å². The van der Waals surface area contributed by atoms with Crippen molar-refractivity contribution >= 4 is 23.5 Å². The Morgan fingerprint density at radius 3 is 2.10 bits per heavy atom. The van der Waals surface area contributed by atoms with Gasteiger partial charge < -0.3 is 34.6 Å². The molecule has 13 heteroatoms. The summed E-state index contributed by atoms with van der Waals surface area (Å²) in [5.41, 5.74) is 0.840. The highest BCUT2D eigenvalue weighted by Gasteiger charge is 2.31. The van der Waals surface area contributed by atoms with Gasteiger partial charge in [0.25, 0.3) is 5.91 Å². The second-order valence-corrected chi connectivity index (χ2v) is 11.1. The van der Waals surface area contributed by atoms with Crippen LogP contribution < -0.4 is 24.4 Å². The number of aryl methyl sites for hydroxylation is 1. The fourth-order valence-electron chi connectivity index (χ4n) is 4.47. The van der Waals surface area contributed by atoms with Gasteiger partial charge in [0.05, 0.1) is 32.1 Å². The summed E-state index contributed by atoms with van der Waals surface area (Å²) in [6, 6.07) is 17.6. The lowest BCUT2D eigenvalue weighted by Crippen LogP contribution is -2.33. The highest BCUT2D eigenvalue weighted by molar-refractivity contribution is 6.27. The first-order valence-electron chi connectivity index (χ1n) is 15.4. The number of para-hydroxylation sites is 2. The number of carbonyl (C=O) groups is 3. The molecule has 0 bridgehead atoms. The summed E-state index contributed by atoms with van der Waals surface area (Å²) in [6.45, 7) is 6.42. The Bertz CT molecular complexity index is 1470. The molecular weight excluding hydrogens is 633 g/mol. The molecule has 0 radical (unpaired) electrons. The highest BCUT2D eigenvalue weighted by Crippen LogP contribution is 2.33. The van der Waals surface area contributed by atoms with Crippen LogP contribution in [0.5, 0.6) is 17.2 Å². The minimum atomic E-state index is -4.54. The summed E-state index contributed by atoms with van der Waals surface area (Å²) in [5.74, 6) is -1.93. The van der Waals surface area contributed by atoms with Gasteiger partial charge in [-0.25, -0.2) is 9.59 Å². The molecule has 10 nitrogen and oxygen atoms in total. The number of unbranched alkanes of at least 4 members (excludes halogenated alkanes) is 1. The van der Waals surface area contributed by atoms with Crippen molar-refractivity contribution in [2.24, 2.45) is 5.92 Å². The topological polar surface area (TPSA) is 135 Å². The summed E-state index contributed by atoms with van der Waals surface area (Å²) in [4.78, 5) is 33.3. The number of amides is 1. The van der Waals surface area contributed by atoms with Crippen LogP contribution in [0.4, 0.5) is 18.9 Å². The Labute approximate surface area is 278 Å². The Kier molecular flexibility index (Phi) is 16.2. The number of alkyl halides is 3. The van der Waals surface area contributed by atoms with Gasteiger partial charge in [0.15, 0.2) is 11.5 Å². The number of anilines is 1. The van der Waals surface area contributed by atoms with Gasteiger partial charge in [0.1, 0.15) is 5.75 Å². The van der Waals surface area contributed by atoms with Crippen molar-refractivity contribution in [3.63, 3.8) is 0 Å². The van der Waals surface area contributed by atoms with E-state index in [9.17, 15) is 18.0 Å². The molecule has 0 saturated carbocycles. The Morgan fingerprint density at radius 1 is 0.812 bits per heavy atom. The molecule has 0 aromatic heterocycles. The van der Waals surface area contributed by atoms with E-state index < -0.39 is 29.6 Å². The van der Waals surface area contributed by atoms with Gasteiger partial charge in [-0.1, -0.05) is 38.1 Å². The zero-order valence-electron chi connectivity index (χ0n) is 27.5. The first kappa shape index (κ1) is 39.4. The predicted octanol–water partition coefficient (Wildman–Crippen LogP) is 6.56. The maximum Gasteiger partial charge on any atom is 0.416 e. The van der Waals surface area contributed by atoms with Gasteiger partial charge >= 0.3 is 18.1 Å². The van der Waals surface area contributed by atoms with Crippen LogP contribution in [0.2, 0.25) is 0 Å². The molecule has 1 amide bonds. The predicted molar refractivity (Wildman–Crippen MR) is 175 cm³/mol. The number of nitrogens with one attached hydrogen (secondary N) is 1. The molecule has 0 aliphatic rings. The van der Waals surface area contributed by atoms with Crippen molar-refractivity contribution in [2.75, 3.05) is 45.4 Å². The largest absolute Gasteiger partial charge is 0.493 e. The standard InChI is InChI=1S/C33H41F3N2O4.C2H2O4/c1-24(2)23-42-29-15-6-5-14-28(29)38(32(39)26-12-9-13-27(22-26)33(34,35)36)20-8-7-18-37-19-10-11-25-16-17-30(40-3)31(21-25)41-4;3-1(4)2(5)6/h5-6,9,12-17,21-22,24,37H,7-8,10-11,18-20,23H2,1-4H3;(H,3,4)(H,5,6). The molecule has 3 N–H and O–H groups in total.